The summed E-state index contributed by atoms with van der Waals surface area (Å²) in [5.41, 5.74) is 4.65. The standard InChI is InChI=1S/C11H16FN3O4/c1-5-9(8(12)10(17)6(4-16)19-5)15-3-2-7(13)14-11(15)18/h2-3,5-6,8-10,16-17H,4H2,1H3,(H2,13,14,18)/t5?,6-,8?,9-,10+/m1/s1. The molecule has 7 nitrogen and oxygen atoms in total. The molecule has 1 aliphatic rings. The van der Waals surface area contributed by atoms with Gasteiger partial charge < -0.3 is 20.7 Å². The molecule has 0 radical (unpaired) electrons. The molecule has 2 unspecified atom stereocenters. The fourth-order valence-corrected chi connectivity index (χ4v) is 2.29. The van der Waals surface area contributed by atoms with E-state index in [1.54, 1.807) is 6.92 Å². The van der Waals surface area contributed by atoms with Crippen molar-refractivity contribution < 1.29 is 19.3 Å². The predicted molar refractivity (Wildman–Crippen MR) is 64.3 cm³/mol. The number of anilines is 1. The van der Waals surface area contributed by atoms with Gasteiger partial charge in [0.15, 0.2) is 6.17 Å². The zero-order valence-electron chi connectivity index (χ0n) is 10.3. The maximum atomic E-state index is 14.2. The van der Waals surface area contributed by atoms with Crippen LogP contribution in [0, 0.1) is 0 Å². The molecule has 0 bridgehead atoms. The number of nitrogens with zero attached hydrogens (tertiary/aromatic N) is 2. The molecule has 1 fully saturated rings. The lowest BCUT2D eigenvalue weighted by atomic mass is 9.94. The van der Waals surface area contributed by atoms with Gasteiger partial charge in [-0.15, -0.1) is 0 Å². The van der Waals surface area contributed by atoms with Crippen LogP contribution in [0.2, 0.25) is 0 Å². The fourth-order valence-electron chi connectivity index (χ4n) is 2.29. The lowest BCUT2D eigenvalue weighted by Gasteiger charge is -2.40. The predicted octanol–water partition coefficient (Wildman–Crippen LogP) is -1.15. The number of aliphatic hydroxyl groups is 2. The number of nitrogen functional groups attached to an aromatic ring is 1. The highest BCUT2D eigenvalue weighted by atomic mass is 19.1. The molecule has 0 amide bonds. The largest absolute Gasteiger partial charge is 0.394 e. The zero-order chi connectivity index (χ0) is 14.2. The highest BCUT2D eigenvalue weighted by Gasteiger charge is 2.44. The van der Waals surface area contributed by atoms with E-state index in [0.29, 0.717) is 0 Å². The highest BCUT2D eigenvalue weighted by Crippen LogP contribution is 2.31. The molecule has 4 N–H and O–H groups in total. The van der Waals surface area contributed by atoms with Crippen LogP contribution in [-0.2, 0) is 4.74 Å². The number of halogens is 1. The van der Waals surface area contributed by atoms with Gasteiger partial charge >= 0.3 is 5.69 Å². The van der Waals surface area contributed by atoms with E-state index < -0.39 is 42.8 Å². The van der Waals surface area contributed by atoms with Gasteiger partial charge in [-0.3, -0.25) is 4.57 Å². The van der Waals surface area contributed by atoms with Crippen LogP contribution in [0.3, 0.4) is 0 Å². The van der Waals surface area contributed by atoms with Crippen molar-refractivity contribution >= 4 is 5.82 Å². The van der Waals surface area contributed by atoms with Crippen LogP contribution in [0.1, 0.15) is 13.0 Å². The molecule has 2 heterocycles. The van der Waals surface area contributed by atoms with Crippen LogP contribution in [0.5, 0.6) is 0 Å². The molecule has 0 saturated carbocycles. The minimum absolute atomic E-state index is 0.0369. The second kappa shape index (κ2) is 5.24. The van der Waals surface area contributed by atoms with E-state index in [1.165, 1.54) is 12.3 Å². The third-order valence-corrected chi connectivity index (χ3v) is 3.26. The number of rotatable bonds is 2. The van der Waals surface area contributed by atoms with Gasteiger partial charge in [0.2, 0.25) is 0 Å². The molecule has 5 atom stereocenters. The summed E-state index contributed by atoms with van der Waals surface area (Å²) in [4.78, 5) is 15.2. The number of nitrogens with two attached hydrogens (primary N) is 1. The Morgan fingerprint density at radius 3 is 2.89 bits per heavy atom. The monoisotopic (exact) mass is 273 g/mol. The van der Waals surface area contributed by atoms with E-state index in [9.17, 15) is 14.3 Å². The van der Waals surface area contributed by atoms with Crippen LogP contribution < -0.4 is 11.4 Å². The van der Waals surface area contributed by atoms with Crippen molar-refractivity contribution in [3.05, 3.63) is 22.7 Å². The number of alkyl halides is 1. The summed E-state index contributed by atoms with van der Waals surface area (Å²) in [5.74, 6) is 0.0369. The molecule has 0 aliphatic carbocycles. The van der Waals surface area contributed by atoms with E-state index in [-0.39, 0.29) is 5.82 Å². The number of aliphatic hydroxyl groups excluding tert-OH is 2. The second-order valence-corrected chi connectivity index (χ2v) is 4.53. The Bertz CT molecular complexity index is 509. The quantitative estimate of drug-likeness (QED) is 0.627. The molecule has 2 rings (SSSR count). The van der Waals surface area contributed by atoms with Gasteiger partial charge in [-0.05, 0) is 13.0 Å². The Balaban J connectivity index is 2.36. The van der Waals surface area contributed by atoms with E-state index in [0.717, 1.165) is 4.57 Å². The van der Waals surface area contributed by atoms with Gasteiger partial charge in [0, 0.05) is 6.20 Å². The summed E-state index contributed by atoms with van der Waals surface area (Å²) in [6.07, 6.45) is -3.63. The van der Waals surface area contributed by atoms with Crippen LogP contribution in [-0.4, -0.2) is 50.9 Å². The fraction of sp³-hybridized carbons (Fsp3) is 0.636. The average Bonchev–Trinajstić information content (AvgIpc) is 2.36. The maximum Gasteiger partial charge on any atom is 0.349 e. The van der Waals surface area contributed by atoms with E-state index >= 15 is 0 Å². The summed E-state index contributed by atoms with van der Waals surface area (Å²) in [5, 5.41) is 18.7. The lowest BCUT2D eigenvalue weighted by molar-refractivity contribution is -0.181. The van der Waals surface area contributed by atoms with E-state index in [1.807, 2.05) is 0 Å². The average molecular weight is 273 g/mol. The minimum atomic E-state index is -1.75. The van der Waals surface area contributed by atoms with Gasteiger partial charge in [-0.25, -0.2) is 9.18 Å². The Labute approximate surface area is 108 Å². The Morgan fingerprint density at radius 2 is 2.32 bits per heavy atom. The molecule has 1 saturated heterocycles. The number of hydrogen-bond donors (Lipinski definition) is 3. The maximum absolute atomic E-state index is 14.2. The molecule has 0 aromatic carbocycles. The zero-order valence-corrected chi connectivity index (χ0v) is 10.3. The van der Waals surface area contributed by atoms with Crippen molar-refractivity contribution in [3.8, 4) is 0 Å². The Hall–Kier alpha value is -1.51. The van der Waals surface area contributed by atoms with Crippen molar-refractivity contribution in [2.75, 3.05) is 12.3 Å². The van der Waals surface area contributed by atoms with Crippen molar-refractivity contribution in [1.29, 1.82) is 0 Å². The molecule has 1 aromatic rings. The molecular weight excluding hydrogens is 257 g/mol. The molecular formula is C11H16FN3O4. The van der Waals surface area contributed by atoms with Crippen LogP contribution >= 0.6 is 0 Å². The molecule has 19 heavy (non-hydrogen) atoms. The van der Waals surface area contributed by atoms with E-state index in [4.69, 9.17) is 15.6 Å². The molecule has 106 valence electrons. The van der Waals surface area contributed by atoms with Gasteiger partial charge in [0.05, 0.1) is 18.8 Å². The SMILES string of the molecule is CC1O[C@H](CO)[C@H](O)C(F)[C@@H]1n1ccc(N)nc1=O. The van der Waals surface area contributed by atoms with Gasteiger partial charge in [0.1, 0.15) is 18.0 Å². The first kappa shape index (κ1) is 13.9. The first-order chi connectivity index (χ1) is 8.95. The lowest BCUT2D eigenvalue weighted by Crippen LogP contribution is -2.55. The minimum Gasteiger partial charge on any atom is -0.394 e. The summed E-state index contributed by atoms with van der Waals surface area (Å²) in [6.45, 7) is 1.07. The van der Waals surface area contributed by atoms with Gasteiger partial charge in [-0.2, -0.15) is 4.98 Å². The summed E-state index contributed by atoms with van der Waals surface area (Å²) < 4.78 is 20.6. The number of aromatic nitrogens is 2. The summed E-state index contributed by atoms with van der Waals surface area (Å²) >= 11 is 0. The first-order valence-corrected chi connectivity index (χ1v) is 5.89. The van der Waals surface area contributed by atoms with Crippen molar-refractivity contribution in [2.45, 2.75) is 37.4 Å². The smallest absolute Gasteiger partial charge is 0.349 e. The third-order valence-electron chi connectivity index (χ3n) is 3.26. The van der Waals surface area contributed by atoms with Crippen LogP contribution in [0.15, 0.2) is 17.1 Å². The van der Waals surface area contributed by atoms with E-state index in [2.05, 4.69) is 4.98 Å². The normalized spacial score (nSPS) is 35.3. The molecule has 0 spiro atoms. The molecule has 1 aromatic heterocycles. The third kappa shape index (κ3) is 2.46. The number of hydrogen-bond acceptors (Lipinski definition) is 6. The number of ether oxygens (including phenoxy) is 1. The van der Waals surface area contributed by atoms with Crippen molar-refractivity contribution in [1.82, 2.24) is 9.55 Å². The summed E-state index contributed by atoms with van der Waals surface area (Å²) in [6, 6.07) is 0.351. The van der Waals surface area contributed by atoms with Crippen LogP contribution in [0.25, 0.3) is 0 Å². The molecule has 8 heteroatoms. The van der Waals surface area contributed by atoms with Gasteiger partial charge in [-0.1, -0.05) is 0 Å². The Kier molecular flexibility index (Phi) is 3.83. The topological polar surface area (TPSA) is 111 Å². The van der Waals surface area contributed by atoms with Crippen molar-refractivity contribution in [2.24, 2.45) is 0 Å². The Morgan fingerprint density at radius 1 is 1.63 bits per heavy atom. The molecule has 1 aliphatic heterocycles. The highest BCUT2D eigenvalue weighted by molar-refractivity contribution is 5.23. The second-order valence-electron chi connectivity index (χ2n) is 4.53. The first-order valence-electron chi connectivity index (χ1n) is 5.89. The van der Waals surface area contributed by atoms with Gasteiger partial charge in [0.25, 0.3) is 0 Å². The van der Waals surface area contributed by atoms with Crippen LogP contribution in [0.4, 0.5) is 10.2 Å². The van der Waals surface area contributed by atoms with Crippen molar-refractivity contribution in [3.63, 3.8) is 0 Å². The summed E-state index contributed by atoms with van der Waals surface area (Å²) in [7, 11) is 0.